The van der Waals surface area contributed by atoms with Gasteiger partial charge in [0.25, 0.3) is 0 Å². The molecule has 16 heavy (non-hydrogen) atoms. The van der Waals surface area contributed by atoms with Crippen molar-refractivity contribution in [1.82, 2.24) is 0 Å². The minimum atomic E-state index is -0.195. The third-order valence-electron chi connectivity index (χ3n) is 2.49. The lowest BCUT2D eigenvalue weighted by atomic mass is 10.2. The Morgan fingerprint density at radius 3 is 3.00 bits per heavy atom. The van der Waals surface area contributed by atoms with Crippen LogP contribution in [0.25, 0.3) is 0 Å². The van der Waals surface area contributed by atoms with Gasteiger partial charge in [0.1, 0.15) is 0 Å². The van der Waals surface area contributed by atoms with E-state index in [2.05, 4.69) is 0 Å². The lowest BCUT2D eigenvalue weighted by Crippen LogP contribution is -2.07. The number of hydrogen-bond donors (Lipinski definition) is 1. The molecule has 88 valence electrons. The van der Waals surface area contributed by atoms with E-state index < -0.39 is 0 Å². The topological polar surface area (TPSA) is 38.7 Å². The molecule has 0 unspecified atom stereocenters. The molecular formula is C12H16O3S. The van der Waals surface area contributed by atoms with E-state index in [9.17, 15) is 5.11 Å². The van der Waals surface area contributed by atoms with Crippen molar-refractivity contribution in [3.05, 3.63) is 23.8 Å². The zero-order chi connectivity index (χ0) is 11.4. The Kier molecular flexibility index (Phi) is 3.96. The summed E-state index contributed by atoms with van der Waals surface area (Å²) in [7, 11) is 0. The molecule has 0 spiro atoms. The highest BCUT2D eigenvalue weighted by Gasteiger charge is 2.13. The normalized spacial score (nSPS) is 15.1. The highest BCUT2D eigenvalue weighted by Crippen LogP contribution is 2.33. The van der Waals surface area contributed by atoms with Gasteiger partial charge in [-0.25, -0.2) is 0 Å². The third-order valence-corrected chi connectivity index (χ3v) is 3.65. The Bertz CT molecular complexity index is 354. The molecule has 0 saturated carbocycles. The van der Waals surface area contributed by atoms with Crippen molar-refractivity contribution in [2.24, 2.45) is 0 Å². The fourth-order valence-corrected chi connectivity index (χ4v) is 2.50. The van der Waals surface area contributed by atoms with Crippen LogP contribution in [0.2, 0.25) is 0 Å². The number of ether oxygens (including phenoxy) is 2. The van der Waals surface area contributed by atoms with Crippen LogP contribution in [0.1, 0.15) is 18.9 Å². The largest absolute Gasteiger partial charge is 0.454 e. The van der Waals surface area contributed by atoms with Crippen LogP contribution in [0.5, 0.6) is 11.5 Å². The van der Waals surface area contributed by atoms with Crippen LogP contribution in [-0.2, 0) is 5.75 Å². The van der Waals surface area contributed by atoms with Crippen molar-refractivity contribution in [2.45, 2.75) is 25.2 Å². The second kappa shape index (κ2) is 5.46. The summed E-state index contributed by atoms with van der Waals surface area (Å²) in [6.07, 6.45) is 0.618. The molecule has 0 aromatic heterocycles. The molecule has 1 aromatic carbocycles. The summed E-state index contributed by atoms with van der Waals surface area (Å²) in [6, 6.07) is 5.99. The molecule has 0 fully saturated rings. The first-order chi connectivity index (χ1) is 7.79. The van der Waals surface area contributed by atoms with Crippen LogP contribution in [-0.4, -0.2) is 23.8 Å². The number of rotatable bonds is 5. The minimum Gasteiger partial charge on any atom is -0.454 e. The molecule has 0 radical (unpaired) electrons. The first-order valence-corrected chi connectivity index (χ1v) is 6.59. The number of thioether (sulfide) groups is 1. The maximum absolute atomic E-state index is 9.43. The van der Waals surface area contributed by atoms with E-state index in [4.69, 9.17) is 9.47 Å². The number of aliphatic hydroxyl groups excluding tert-OH is 1. The van der Waals surface area contributed by atoms with E-state index in [1.54, 1.807) is 11.8 Å². The van der Waals surface area contributed by atoms with Gasteiger partial charge in [0.05, 0.1) is 6.10 Å². The smallest absolute Gasteiger partial charge is 0.231 e. The maximum atomic E-state index is 9.43. The first-order valence-electron chi connectivity index (χ1n) is 5.44. The Balaban J connectivity index is 1.86. The Labute approximate surface area is 99.8 Å². The standard InChI is InChI=1S/C12H16O3S/c1-2-10(13)7-16-6-9-3-4-11-12(5-9)15-8-14-11/h3-5,10,13H,2,6-8H2,1H3/t10-/m0/s1. The average Bonchev–Trinajstić information content (AvgIpc) is 2.76. The lowest BCUT2D eigenvalue weighted by Gasteiger charge is -2.07. The molecule has 0 saturated heterocycles. The fraction of sp³-hybridized carbons (Fsp3) is 0.500. The lowest BCUT2D eigenvalue weighted by molar-refractivity contribution is 0.174. The van der Waals surface area contributed by atoms with Gasteiger partial charge in [-0.15, -0.1) is 0 Å². The molecule has 2 rings (SSSR count). The van der Waals surface area contributed by atoms with Gasteiger partial charge in [-0.2, -0.15) is 11.8 Å². The second-order valence-corrected chi connectivity index (χ2v) is 4.80. The zero-order valence-electron chi connectivity index (χ0n) is 9.31. The molecular weight excluding hydrogens is 224 g/mol. The third kappa shape index (κ3) is 2.83. The van der Waals surface area contributed by atoms with Gasteiger partial charge in [0, 0.05) is 11.5 Å². The summed E-state index contributed by atoms with van der Waals surface area (Å²) in [4.78, 5) is 0. The van der Waals surface area contributed by atoms with E-state index in [0.717, 1.165) is 29.4 Å². The molecule has 3 nitrogen and oxygen atoms in total. The number of aliphatic hydroxyl groups is 1. The molecule has 4 heteroatoms. The number of fused-ring (bicyclic) bond motifs is 1. The molecule has 1 N–H and O–H groups in total. The van der Waals surface area contributed by atoms with Crippen LogP contribution >= 0.6 is 11.8 Å². The number of benzene rings is 1. The quantitative estimate of drug-likeness (QED) is 0.858. The van der Waals surface area contributed by atoms with Crippen molar-refractivity contribution in [3.63, 3.8) is 0 Å². The maximum Gasteiger partial charge on any atom is 0.231 e. The van der Waals surface area contributed by atoms with Gasteiger partial charge in [0.2, 0.25) is 6.79 Å². The molecule has 1 heterocycles. The van der Waals surface area contributed by atoms with E-state index in [-0.39, 0.29) is 6.10 Å². The van der Waals surface area contributed by atoms with Crippen LogP contribution in [0.15, 0.2) is 18.2 Å². The SMILES string of the molecule is CC[C@H](O)CSCc1ccc2c(c1)OCO2. The Morgan fingerprint density at radius 1 is 1.38 bits per heavy atom. The molecule has 0 bridgehead atoms. The summed E-state index contributed by atoms with van der Waals surface area (Å²) >= 11 is 1.74. The van der Waals surface area contributed by atoms with Crippen LogP contribution < -0.4 is 9.47 Å². The van der Waals surface area contributed by atoms with Crippen molar-refractivity contribution in [1.29, 1.82) is 0 Å². The van der Waals surface area contributed by atoms with Gasteiger partial charge in [-0.1, -0.05) is 13.0 Å². The molecule has 0 aliphatic carbocycles. The molecule has 1 atom stereocenters. The molecule has 0 amide bonds. The second-order valence-electron chi connectivity index (χ2n) is 3.76. The number of hydrogen-bond acceptors (Lipinski definition) is 4. The van der Waals surface area contributed by atoms with Gasteiger partial charge in [0.15, 0.2) is 11.5 Å². The molecule has 1 aliphatic heterocycles. The fourth-order valence-electron chi connectivity index (χ4n) is 1.46. The van der Waals surface area contributed by atoms with Crippen molar-refractivity contribution < 1.29 is 14.6 Å². The van der Waals surface area contributed by atoms with Gasteiger partial charge in [-0.05, 0) is 24.1 Å². The van der Waals surface area contributed by atoms with Gasteiger partial charge < -0.3 is 14.6 Å². The van der Waals surface area contributed by atoms with Crippen LogP contribution in [0.4, 0.5) is 0 Å². The van der Waals surface area contributed by atoms with Crippen molar-refractivity contribution >= 4 is 11.8 Å². The van der Waals surface area contributed by atoms with E-state index in [0.29, 0.717) is 6.79 Å². The predicted octanol–water partition coefficient (Wildman–Crippen LogP) is 2.42. The molecule has 1 aromatic rings. The highest BCUT2D eigenvalue weighted by molar-refractivity contribution is 7.98. The van der Waals surface area contributed by atoms with Gasteiger partial charge >= 0.3 is 0 Å². The van der Waals surface area contributed by atoms with E-state index in [1.165, 1.54) is 5.56 Å². The van der Waals surface area contributed by atoms with Crippen molar-refractivity contribution in [2.75, 3.05) is 12.5 Å². The van der Waals surface area contributed by atoms with Gasteiger partial charge in [-0.3, -0.25) is 0 Å². The summed E-state index contributed by atoms with van der Waals surface area (Å²) in [5, 5.41) is 9.43. The zero-order valence-corrected chi connectivity index (χ0v) is 10.1. The first kappa shape index (κ1) is 11.6. The summed E-state index contributed by atoms with van der Waals surface area (Å²) in [5.41, 5.74) is 1.21. The summed E-state index contributed by atoms with van der Waals surface area (Å²) in [5.74, 6) is 3.33. The van der Waals surface area contributed by atoms with E-state index in [1.807, 2.05) is 25.1 Å². The monoisotopic (exact) mass is 240 g/mol. The minimum absolute atomic E-state index is 0.195. The average molecular weight is 240 g/mol. The summed E-state index contributed by atoms with van der Waals surface area (Å²) < 4.78 is 10.6. The summed E-state index contributed by atoms with van der Waals surface area (Å²) in [6.45, 7) is 2.31. The Hall–Kier alpha value is -0.870. The highest BCUT2D eigenvalue weighted by atomic mass is 32.2. The van der Waals surface area contributed by atoms with Crippen LogP contribution in [0.3, 0.4) is 0 Å². The van der Waals surface area contributed by atoms with Crippen molar-refractivity contribution in [3.8, 4) is 11.5 Å². The van der Waals surface area contributed by atoms with Crippen LogP contribution in [0, 0.1) is 0 Å². The molecule has 1 aliphatic rings. The van der Waals surface area contributed by atoms with E-state index >= 15 is 0 Å². The predicted molar refractivity (Wildman–Crippen MR) is 65.0 cm³/mol. The Morgan fingerprint density at radius 2 is 2.19 bits per heavy atom.